The highest BCUT2D eigenvalue weighted by atomic mass is 16.5. The van der Waals surface area contributed by atoms with Gasteiger partial charge < -0.3 is 14.5 Å². The molecule has 0 unspecified atom stereocenters. The molecule has 0 spiro atoms. The van der Waals surface area contributed by atoms with Crippen LogP contribution in [-0.4, -0.2) is 7.11 Å². The fourth-order valence-electron chi connectivity index (χ4n) is 7.81. The number of benzene rings is 8. The van der Waals surface area contributed by atoms with E-state index in [-0.39, 0.29) is 5.41 Å². The largest absolute Gasteiger partial charge is 0.497 e. The maximum absolute atomic E-state index is 5.47. The summed E-state index contributed by atoms with van der Waals surface area (Å²) < 4.78 is 5.47. The Morgan fingerprint density at radius 3 is 1.72 bits per heavy atom. The second kappa shape index (κ2) is 13.2. The van der Waals surface area contributed by atoms with Crippen molar-refractivity contribution in [1.82, 2.24) is 0 Å². The van der Waals surface area contributed by atoms with Crippen LogP contribution in [0.3, 0.4) is 0 Å². The van der Waals surface area contributed by atoms with Crippen LogP contribution < -0.4 is 14.5 Å². The molecule has 0 bridgehead atoms. The molecule has 256 valence electrons. The van der Waals surface area contributed by atoms with E-state index < -0.39 is 0 Å². The molecule has 53 heavy (non-hydrogen) atoms. The summed E-state index contributed by atoms with van der Waals surface area (Å²) >= 11 is 0. The van der Waals surface area contributed by atoms with E-state index in [1.165, 1.54) is 55.2 Å². The quantitative estimate of drug-likeness (QED) is 0.166. The first-order valence-corrected chi connectivity index (χ1v) is 18.2. The Bertz CT molecular complexity index is 2560. The number of hydrogen-bond acceptors (Lipinski definition) is 3. The molecule has 0 saturated heterocycles. The standard InChI is InChI=1S/C50H40N2O/c1-50(2)46-14-8-9-15-48(46)52(42-25-27-45(53-3)28-26-42)49-29-22-41(34-47(49)50)38-18-16-35(17-19-38)30-31-51(43-23-20-36-10-4-6-12-39(36)32-43)44-24-21-37-11-5-7-13-40(37)33-44/h4-34H,1-3H3/b31-30+. The predicted molar refractivity (Wildman–Crippen MR) is 224 cm³/mol. The van der Waals surface area contributed by atoms with Gasteiger partial charge in [-0.1, -0.05) is 123 Å². The molecule has 8 aromatic carbocycles. The van der Waals surface area contributed by atoms with Gasteiger partial charge in [-0.05, 0) is 122 Å². The summed E-state index contributed by atoms with van der Waals surface area (Å²) in [6, 6.07) is 63.4. The summed E-state index contributed by atoms with van der Waals surface area (Å²) in [5.74, 6) is 0.850. The summed E-state index contributed by atoms with van der Waals surface area (Å²) in [6.45, 7) is 4.68. The van der Waals surface area contributed by atoms with E-state index in [4.69, 9.17) is 4.74 Å². The number of anilines is 5. The maximum Gasteiger partial charge on any atom is 0.119 e. The Balaban J connectivity index is 1.06. The van der Waals surface area contributed by atoms with Gasteiger partial charge in [0.15, 0.2) is 0 Å². The number of nitrogens with zero attached hydrogens (tertiary/aromatic N) is 2. The number of para-hydroxylation sites is 1. The van der Waals surface area contributed by atoms with Crippen LogP contribution in [0.15, 0.2) is 182 Å². The third-order valence-electron chi connectivity index (χ3n) is 10.7. The van der Waals surface area contributed by atoms with E-state index >= 15 is 0 Å². The lowest BCUT2D eigenvalue weighted by atomic mass is 9.73. The highest BCUT2D eigenvalue weighted by Crippen LogP contribution is 2.52. The average molecular weight is 685 g/mol. The molecule has 0 saturated carbocycles. The zero-order chi connectivity index (χ0) is 35.9. The van der Waals surface area contributed by atoms with Crippen molar-refractivity contribution in [3.63, 3.8) is 0 Å². The van der Waals surface area contributed by atoms with Crippen molar-refractivity contribution in [2.24, 2.45) is 0 Å². The smallest absolute Gasteiger partial charge is 0.119 e. The predicted octanol–water partition coefficient (Wildman–Crippen LogP) is 13.6. The Kier molecular flexibility index (Phi) is 8.05. The third-order valence-corrected chi connectivity index (χ3v) is 10.7. The molecule has 0 atom stereocenters. The maximum atomic E-state index is 5.47. The van der Waals surface area contributed by atoms with Gasteiger partial charge in [-0.15, -0.1) is 0 Å². The van der Waals surface area contributed by atoms with Crippen molar-refractivity contribution < 1.29 is 4.74 Å². The van der Waals surface area contributed by atoms with E-state index in [9.17, 15) is 0 Å². The fourth-order valence-corrected chi connectivity index (χ4v) is 7.81. The molecule has 0 radical (unpaired) electrons. The molecule has 0 aromatic heterocycles. The van der Waals surface area contributed by atoms with Crippen molar-refractivity contribution >= 4 is 56.1 Å². The number of hydrogen-bond donors (Lipinski definition) is 0. The number of fused-ring (bicyclic) bond motifs is 4. The molecule has 1 aliphatic rings. The molecule has 0 amide bonds. The van der Waals surface area contributed by atoms with Gasteiger partial charge in [-0.25, -0.2) is 0 Å². The fraction of sp³-hybridized carbons (Fsp3) is 0.0800. The third kappa shape index (κ3) is 5.91. The van der Waals surface area contributed by atoms with Crippen molar-refractivity contribution in [1.29, 1.82) is 0 Å². The first-order chi connectivity index (χ1) is 26.0. The van der Waals surface area contributed by atoms with Crippen LogP contribution in [0.1, 0.15) is 30.5 Å². The van der Waals surface area contributed by atoms with Gasteiger partial charge in [0.25, 0.3) is 0 Å². The highest BCUT2D eigenvalue weighted by molar-refractivity contribution is 5.91. The van der Waals surface area contributed by atoms with Gasteiger partial charge in [0.1, 0.15) is 5.75 Å². The summed E-state index contributed by atoms with van der Waals surface area (Å²) in [4.78, 5) is 4.66. The molecular formula is C50H40N2O. The summed E-state index contributed by atoms with van der Waals surface area (Å²) in [7, 11) is 1.71. The minimum absolute atomic E-state index is 0.178. The summed E-state index contributed by atoms with van der Waals surface area (Å²) in [6.07, 6.45) is 4.39. The molecule has 9 rings (SSSR count). The van der Waals surface area contributed by atoms with E-state index in [2.05, 4.69) is 200 Å². The monoisotopic (exact) mass is 684 g/mol. The van der Waals surface area contributed by atoms with Crippen LogP contribution in [0, 0.1) is 0 Å². The second-order valence-electron chi connectivity index (χ2n) is 14.3. The Morgan fingerprint density at radius 1 is 0.509 bits per heavy atom. The minimum atomic E-state index is -0.178. The lowest BCUT2D eigenvalue weighted by molar-refractivity contribution is 0.415. The molecule has 8 aromatic rings. The van der Waals surface area contributed by atoms with Gasteiger partial charge in [-0.3, -0.25) is 0 Å². The van der Waals surface area contributed by atoms with Crippen LogP contribution >= 0.6 is 0 Å². The Labute approximate surface area is 311 Å². The average Bonchev–Trinajstić information content (AvgIpc) is 3.21. The lowest BCUT2D eigenvalue weighted by Crippen LogP contribution is -2.30. The van der Waals surface area contributed by atoms with Crippen LogP contribution in [-0.2, 0) is 5.41 Å². The lowest BCUT2D eigenvalue weighted by Gasteiger charge is -2.42. The van der Waals surface area contributed by atoms with Gasteiger partial charge in [-0.2, -0.15) is 0 Å². The molecule has 0 aliphatic carbocycles. The molecule has 0 N–H and O–H groups in total. The number of methoxy groups -OCH3 is 1. The van der Waals surface area contributed by atoms with Gasteiger partial charge in [0.05, 0.1) is 18.5 Å². The van der Waals surface area contributed by atoms with Crippen LogP contribution in [0.5, 0.6) is 5.75 Å². The highest BCUT2D eigenvalue weighted by Gasteiger charge is 2.37. The summed E-state index contributed by atoms with van der Waals surface area (Å²) in [5.41, 5.74) is 11.7. The zero-order valence-electron chi connectivity index (χ0n) is 30.2. The number of rotatable bonds is 7. The summed E-state index contributed by atoms with van der Waals surface area (Å²) in [5, 5.41) is 4.91. The van der Waals surface area contributed by atoms with Crippen LogP contribution in [0.2, 0.25) is 0 Å². The SMILES string of the molecule is COc1ccc(N2c3ccccc3C(C)(C)c3cc(-c4ccc(/C=C/N(c5ccc6ccccc6c5)c5ccc6ccccc6c5)cc4)ccc32)cc1. The Hall–Kier alpha value is -6.58. The molecule has 3 heteroatoms. The molecule has 3 nitrogen and oxygen atoms in total. The normalized spacial score (nSPS) is 13.2. The van der Waals surface area contributed by atoms with Gasteiger partial charge in [0, 0.05) is 28.7 Å². The van der Waals surface area contributed by atoms with Crippen LogP contribution in [0.25, 0.3) is 38.7 Å². The van der Waals surface area contributed by atoms with Crippen molar-refractivity contribution in [2.75, 3.05) is 16.9 Å². The first-order valence-electron chi connectivity index (χ1n) is 18.2. The minimum Gasteiger partial charge on any atom is -0.497 e. The molecule has 0 fully saturated rings. The van der Waals surface area contributed by atoms with E-state index in [0.717, 1.165) is 28.4 Å². The van der Waals surface area contributed by atoms with Gasteiger partial charge in [0.2, 0.25) is 0 Å². The zero-order valence-corrected chi connectivity index (χ0v) is 30.2. The molecular weight excluding hydrogens is 645 g/mol. The van der Waals surface area contributed by atoms with Crippen molar-refractivity contribution in [3.05, 3.63) is 199 Å². The second-order valence-corrected chi connectivity index (χ2v) is 14.3. The van der Waals surface area contributed by atoms with E-state index in [1.807, 2.05) is 12.1 Å². The van der Waals surface area contributed by atoms with E-state index in [1.54, 1.807) is 7.11 Å². The number of ether oxygens (including phenoxy) is 1. The van der Waals surface area contributed by atoms with Crippen molar-refractivity contribution in [2.45, 2.75) is 19.3 Å². The van der Waals surface area contributed by atoms with Crippen LogP contribution in [0.4, 0.5) is 28.4 Å². The topological polar surface area (TPSA) is 15.7 Å². The van der Waals surface area contributed by atoms with Gasteiger partial charge >= 0.3 is 0 Å². The molecule has 1 aliphatic heterocycles. The Morgan fingerprint density at radius 2 is 1.08 bits per heavy atom. The molecule has 1 heterocycles. The van der Waals surface area contributed by atoms with E-state index in [0.29, 0.717) is 0 Å². The van der Waals surface area contributed by atoms with Crippen molar-refractivity contribution in [3.8, 4) is 16.9 Å². The first kappa shape index (κ1) is 32.3.